The first-order valence-electron chi connectivity index (χ1n) is 8.18. The number of hydrogen-bond donors (Lipinski definition) is 1. The Hall–Kier alpha value is -1.99. The number of anilines is 2. The number of piperidine rings is 1. The topological polar surface area (TPSA) is 67.3 Å². The van der Waals surface area contributed by atoms with Crippen LogP contribution in [0.4, 0.5) is 10.8 Å². The molecule has 1 N–H and O–H groups in total. The molecule has 1 aromatic heterocycles. The third kappa shape index (κ3) is 4.30. The Morgan fingerprint density at radius 1 is 1.33 bits per heavy atom. The van der Waals surface area contributed by atoms with Crippen LogP contribution in [0.1, 0.15) is 18.7 Å². The Labute approximate surface area is 146 Å². The molecule has 0 radical (unpaired) electrons. The van der Waals surface area contributed by atoms with Crippen LogP contribution >= 0.6 is 11.5 Å². The summed E-state index contributed by atoms with van der Waals surface area (Å²) in [5.74, 6) is 1.00. The van der Waals surface area contributed by atoms with E-state index in [-0.39, 0.29) is 11.8 Å². The molecule has 6 nitrogen and oxygen atoms in total. The average molecular weight is 346 g/mol. The highest BCUT2D eigenvalue weighted by atomic mass is 32.1. The highest BCUT2D eigenvalue weighted by Gasteiger charge is 2.26. The average Bonchev–Trinajstić information content (AvgIpc) is 3.10. The Balaban J connectivity index is 1.50. The minimum absolute atomic E-state index is 0.0577. The molecule has 0 bridgehead atoms. The molecule has 0 unspecified atom stereocenters. The van der Waals surface area contributed by atoms with Crippen LogP contribution in [0.5, 0.6) is 0 Å². The van der Waals surface area contributed by atoms with Crippen molar-refractivity contribution in [1.29, 1.82) is 0 Å². The number of benzene rings is 1. The predicted molar refractivity (Wildman–Crippen MR) is 95.5 cm³/mol. The van der Waals surface area contributed by atoms with Crippen LogP contribution in [-0.4, -0.2) is 42.1 Å². The van der Waals surface area contributed by atoms with E-state index in [1.165, 1.54) is 11.5 Å². The van der Waals surface area contributed by atoms with E-state index in [1.807, 2.05) is 30.3 Å². The fourth-order valence-electron chi connectivity index (χ4n) is 2.77. The van der Waals surface area contributed by atoms with Crippen molar-refractivity contribution < 1.29 is 9.53 Å². The predicted octanol–water partition coefficient (Wildman–Crippen LogP) is 2.58. The first-order valence-corrected chi connectivity index (χ1v) is 8.96. The van der Waals surface area contributed by atoms with Gasteiger partial charge in [0.2, 0.25) is 11.0 Å². The van der Waals surface area contributed by atoms with E-state index in [2.05, 4.69) is 19.6 Å². The van der Waals surface area contributed by atoms with E-state index < -0.39 is 0 Å². The summed E-state index contributed by atoms with van der Waals surface area (Å²) in [7, 11) is 1.68. The van der Waals surface area contributed by atoms with Gasteiger partial charge in [-0.15, -0.1) is 0 Å². The summed E-state index contributed by atoms with van der Waals surface area (Å²) in [6.45, 7) is 2.31. The molecule has 7 heteroatoms. The maximum atomic E-state index is 12.4. The molecule has 0 spiro atoms. The molecule has 1 saturated heterocycles. The number of nitrogens with zero attached hydrogens (tertiary/aromatic N) is 3. The second-order valence-electron chi connectivity index (χ2n) is 5.85. The van der Waals surface area contributed by atoms with Gasteiger partial charge in [-0.25, -0.2) is 4.98 Å². The minimum atomic E-state index is 0.0577. The van der Waals surface area contributed by atoms with Crippen molar-refractivity contribution in [2.75, 3.05) is 37.0 Å². The van der Waals surface area contributed by atoms with Crippen LogP contribution in [0.3, 0.4) is 0 Å². The molecule has 128 valence electrons. The van der Waals surface area contributed by atoms with Gasteiger partial charge < -0.3 is 15.0 Å². The van der Waals surface area contributed by atoms with Crippen molar-refractivity contribution in [2.45, 2.75) is 19.3 Å². The molecule has 2 heterocycles. The summed E-state index contributed by atoms with van der Waals surface area (Å²) >= 11 is 1.43. The number of hydrogen-bond acceptors (Lipinski definition) is 6. The van der Waals surface area contributed by atoms with Crippen LogP contribution in [-0.2, 0) is 16.0 Å². The van der Waals surface area contributed by atoms with Crippen LogP contribution in [0, 0.1) is 5.92 Å². The van der Waals surface area contributed by atoms with Crippen LogP contribution in [0.25, 0.3) is 0 Å². The highest BCUT2D eigenvalue weighted by molar-refractivity contribution is 7.09. The molecule has 24 heavy (non-hydrogen) atoms. The molecule has 0 saturated carbocycles. The van der Waals surface area contributed by atoms with Crippen LogP contribution in [0.15, 0.2) is 30.3 Å². The summed E-state index contributed by atoms with van der Waals surface area (Å²) < 4.78 is 9.42. The quantitative estimate of drug-likeness (QED) is 0.871. The zero-order valence-corrected chi connectivity index (χ0v) is 14.6. The number of rotatable bonds is 6. The number of nitrogens with one attached hydrogen (secondary N) is 1. The van der Waals surface area contributed by atoms with E-state index in [4.69, 9.17) is 4.74 Å². The Morgan fingerprint density at radius 2 is 2.08 bits per heavy atom. The summed E-state index contributed by atoms with van der Waals surface area (Å²) in [5, 5.41) is 3.94. The number of carbonyl (C=O) groups is 1. The SMILES string of the molecule is COCCc1nsc(N2CCC(C(=O)Nc3ccccc3)CC2)n1. The van der Waals surface area contributed by atoms with E-state index in [0.29, 0.717) is 6.61 Å². The summed E-state index contributed by atoms with van der Waals surface area (Å²) in [6.07, 6.45) is 2.42. The molecule has 3 rings (SSSR count). The highest BCUT2D eigenvalue weighted by Crippen LogP contribution is 2.25. The van der Waals surface area contributed by atoms with E-state index in [1.54, 1.807) is 7.11 Å². The molecular formula is C17H22N4O2S. The second kappa shape index (κ2) is 8.21. The maximum Gasteiger partial charge on any atom is 0.227 e. The Bertz CT molecular complexity index is 654. The van der Waals surface area contributed by atoms with Gasteiger partial charge in [-0.2, -0.15) is 4.37 Å². The summed E-state index contributed by atoms with van der Waals surface area (Å²) in [5.41, 5.74) is 0.858. The molecule has 1 amide bonds. The third-order valence-corrected chi connectivity index (χ3v) is 4.98. The first-order chi connectivity index (χ1) is 11.8. The van der Waals surface area contributed by atoms with Gasteiger partial charge in [0.25, 0.3) is 0 Å². The van der Waals surface area contributed by atoms with Gasteiger partial charge in [-0.05, 0) is 25.0 Å². The largest absolute Gasteiger partial charge is 0.384 e. The van der Waals surface area contributed by atoms with Gasteiger partial charge in [0.05, 0.1) is 6.61 Å². The van der Waals surface area contributed by atoms with Crippen molar-refractivity contribution in [3.05, 3.63) is 36.2 Å². The number of ether oxygens (including phenoxy) is 1. The van der Waals surface area contributed by atoms with E-state index >= 15 is 0 Å². The van der Waals surface area contributed by atoms with Gasteiger partial charge >= 0.3 is 0 Å². The smallest absolute Gasteiger partial charge is 0.227 e. The lowest BCUT2D eigenvalue weighted by Gasteiger charge is -2.30. The van der Waals surface area contributed by atoms with Crippen molar-refractivity contribution in [1.82, 2.24) is 9.36 Å². The van der Waals surface area contributed by atoms with Gasteiger partial charge in [-0.3, -0.25) is 4.79 Å². The van der Waals surface area contributed by atoms with Crippen molar-refractivity contribution in [3.63, 3.8) is 0 Å². The zero-order valence-electron chi connectivity index (χ0n) is 13.8. The first kappa shape index (κ1) is 16.9. The molecule has 1 aliphatic rings. The monoisotopic (exact) mass is 346 g/mol. The lowest BCUT2D eigenvalue weighted by Crippen LogP contribution is -2.38. The van der Waals surface area contributed by atoms with Crippen molar-refractivity contribution in [2.24, 2.45) is 5.92 Å². The standard InChI is InChI=1S/C17H22N4O2S/c1-23-12-9-15-19-17(24-20-15)21-10-7-13(8-11-21)16(22)18-14-5-3-2-4-6-14/h2-6,13H,7-12H2,1H3,(H,18,22). The van der Waals surface area contributed by atoms with Gasteiger partial charge in [-0.1, -0.05) is 18.2 Å². The van der Waals surface area contributed by atoms with Crippen LogP contribution in [0.2, 0.25) is 0 Å². The van der Waals surface area contributed by atoms with Crippen molar-refractivity contribution in [3.8, 4) is 0 Å². The fourth-order valence-corrected chi connectivity index (χ4v) is 3.53. The van der Waals surface area contributed by atoms with Gasteiger partial charge in [0.15, 0.2) is 0 Å². The summed E-state index contributed by atoms with van der Waals surface area (Å²) in [6, 6.07) is 9.62. The van der Waals surface area contributed by atoms with Gasteiger partial charge in [0, 0.05) is 49.8 Å². The summed E-state index contributed by atoms with van der Waals surface area (Å²) in [4.78, 5) is 19.1. The molecule has 2 aromatic rings. The zero-order chi connectivity index (χ0) is 16.8. The normalized spacial score (nSPS) is 15.5. The van der Waals surface area contributed by atoms with E-state index in [0.717, 1.165) is 49.0 Å². The minimum Gasteiger partial charge on any atom is -0.384 e. The lowest BCUT2D eigenvalue weighted by atomic mass is 9.96. The van der Waals surface area contributed by atoms with Crippen LogP contribution < -0.4 is 10.2 Å². The maximum absolute atomic E-state index is 12.4. The number of methoxy groups -OCH3 is 1. The fraction of sp³-hybridized carbons (Fsp3) is 0.471. The van der Waals surface area contributed by atoms with Crippen molar-refractivity contribution >= 4 is 28.3 Å². The number of aromatic nitrogens is 2. The second-order valence-corrected chi connectivity index (χ2v) is 6.58. The van der Waals surface area contributed by atoms with E-state index in [9.17, 15) is 4.79 Å². The molecular weight excluding hydrogens is 324 g/mol. The third-order valence-electron chi connectivity index (χ3n) is 4.16. The Morgan fingerprint density at radius 3 is 2.79 bits per heavy atom. The molecule has 1 aromatic carbocycles. The number of carbonyl (C=O) groups excluding carboxylic acids is 1. The number of para-hydroxylation sites is 1. The Kier molecular flexibility index (Phi) is 5.77. The molecule has 1 aliphatic heterocycles. The molecule has 0 atom stereocenters. The lowest BCUT2D eigenvalue weighted by molar-refractivity contribution is -0.120. The van der Waals surface area contributed by atoms with Gasteiger partial charge in [0.1, 0.15) is 5.82 Å². The molecule has 0 aliphatic carbocycles. The molecule has 1 fully saturated rings. The number of amides is 1.